The van der Waals surface area contributed by atoms with Crippen molar-refractivity contribution in [3.63, 3.8) is 0 Å². The van der Waals surface area contributed by atoms with Crippen molar-refractivity contribution in [2.45, 2.75) is 19.6 Å². The van der Waals surface area contributed by atoms with E-state index < -0.39 is 11.9 Å². The van der Waals surface area contributed by atoms with Gasteiger partial charge in [-0.25, -0.2) is 0 Å². The normalized spacial score (nSPS) is 16.6. The van der Waals surface area contributed by atoms with E-state index in [1.165, 1.54) is 0 Å². The predicted octanol–water partition coefficient (Wildman–Crippen LogP) is 0.403. The quantitative estimate of drug-likeness (QED) is 0.851. The molecule has 0 saturated carbocycles. The van der Waals surface area contributed by atoms with Crippen molar-refractivity contribution in [1.82, 2.24) is 10.2 Å². The molecule has 1 aliphatic heterocycles. The fourth-order valence-corrected chi connectivity index (χ4v) is 2.11. The number of nitrogens with one attached hydrogen (secondary N) is 1. The summed E-state index contributed by atoms with van der Waals surface area (Å²) in [6.07, 6.45) is 0. The van der Waals surface area contributed by atoms with Gasteiger partial charge in [0.15, 0.2) is 5.76 Å². The molecule has 0 spiro atoms. The molecule has 1 atom stereocenters. The van der Waals surface area contributed by atoms with Crippen molar-refractivity contribution < 1.29 is 23.5 Å². The molecule has 0 aliphatic carbocycles. The minimum Gasteiger partial charge on any atom is -0.453 e. The molecule has 1 aromatic heterocycles. The van der Waals surface area contributed by atoms with Crippen molar-refractivity contribution in [1.29, 1.82) is 0 Å². The summed E-state index contributed by atoms with van der Waals surface area (Å²) in [5, 5.41) is 2.64. The van der Waals surface area contributed by atoms with Gasteiger partial charge in [-0.15, -0.1) is 0 Å². The van der Waals surface area contributed by atoms with E-state index in [0.29, 0.717) is 38.7 Å². The monoisotopic (exact) mass is 296 g/mol. The van der Waals surface area contributed by atoms with Crippen molar-refractivity contribution >= 4 is 11.8 Å². The fourth-order valence-electron chi connectivity index (χ4n) is 2.11. The second-order valence-corrected chi connectivity index (χ2v) is 4.83. The van der Waals surface area contributed by atoms with E-state index in [-0.39, 0.29) is 11.7 Å². The highest BCUT2D eigenvalue weighted by atomic mass is 16.5. The maximum atomic E-state index is 12.2. The van der Waals surface area contributed by atoms with Crippen LogP contribution in [0.25, 0.3) is 0 Å². The van der Waals surface area contributed by atoms with Crippen LogP contribution in [-0.2, 0) is 20.9 Å². The molecule has 116 valence electrons. The molecule has 2 amide bonds. The van der Waals surface area contributed by atoms with Gasteiger partial charge < -0.3 is 24.1 Å². The molecule has 1 unspecified atom stereocenters. The molecule has 1 N–H and O–H groups in total. The summed E-state index contributed by atoms with van der Waals surface area (Å²) >= 11 is 0. The number of nitrogens with zero attached hydrogens (tertiary/aromatic N) is 1. The highest BCUT2D eigenvalue weighted by Crippen LogP contribution is 2.09. The van der Waals surface area contributed by atoms with E-state index in [4.69, 9.17) is 13.9 Å². The van der Waals surface area contributed by atoms with Gasteiger partial charge in [-0.1, -0.05) is 0 Å². The lowest BCUT2D eigenvalue weighted by Gasteiger charge is -2.29. The number of hydrogen-bond acceptors (Lipinski definition) is 5. The summed E-state index contributed by atoms with van der Waals surface area (Å²) in [5.41, 5.74) is 0. The summed E-state index contributed by atoms with van der Waals surface area (Å²) < 4.78 is 15.4. The number of methoxy groups -OCH3 is 1. The molecule has 2 rings (SSSR count). The molecule has 0 aromatic carbocycles. The van der Waals surface area contributed by atoms with Crippen LogP contribution in [0, 0.1) is 0 Å². The second-order valence-electron chi connectivity index (χ2n) is 4.83. The predicted molar refractivity (Wildman–Crippen MR) is 73.7 cm³/mol. The number of furan rings is 1. The SMILES string of the molecule is COCc1ccc(C(=O)NC(C)C(=O)N2CCOCC2)o1. The van der Waals surface area contributed by atoms with Crippen LogP contribution >= 0.6 is 0 Å². The van der Waals surface area contributed by atoms with Gasteiger partial charge in [0.25, 0.3) is 5.91 Å². The first-order valence-corrected chi connectivity index (χ1v) is 6.87. The third-order valence-electron chi connectivity index (χ3n) is 3.21. The van der Waals surface area contributed by atoms with Gasteiger partial charge in [0.2, 0.25) is 5.91 Å². The van der Waals surface area contributed by atoms with Crippen LogP contribution in [0.5, 0.6) is 0 Å². The molecule has 0 radical (unpaired) electrons. The zero-order chi connectivity index (χ0) is 15.2. The lowest BCUT2D eigenvalue weighted by Crippen LogP contribution is -2.50. The largest absolute Gasteiger partial charge is 0.453 e. The van der Waals surface area contributed by atoms with Crippen molar-refractivity contribution in [3.8, 4) is 0 Å². The summed E-state index contributed by atoms with van der Waals surface area (Å²) in [7, 11) is 1.55. The van der Waals surface area contributed by atoms with Gasteiger partial charge >= 0.3 is 0 Å². The number of rotatable bonds is 5. The van der Waals surface area contributed by atoms with E-state index in [1.54, 1.807) is 31.1 Å². The van der Waals surface area contributed by atoms with Crippen LogP contribution in [0.2, 0.25) is 0 Å². The highest BCUT2D eigenvalue weighted by Gasteiger charge is 2.24. The zero-order valence-corrected chi connectivity index (χ0v) is 12.3. The van der Waals surface area contributed by atoms with Crippen LogP contribution < -0.4 is 5.32 Å². The molecular formula is C14H20N2O5. The van der Waals surface area contributed by atoms with E-state index >= 15 is 0 Å². The number of hydrogen-bond donors (Lipinski definition) is 1. The van der Waals surface area contributed by atoms with Crippen molar-refractivity contribution in [3.05, 3.63) is 23.7 Å². The number of ether oxygens (including phenoxy) is 2. The molecule has 21 heavy (non-hydrogen) atoms. The Hall–Kier alpha value is -1.86. The van der Waals surface area contributed by atoms with Crippen LogP contribution in [0.15, 0.2) is 16.5 Å². The molecular weight excluding hydrogens is 276 g/mol. The smallest absolute Gasteiger partial charge is 0.287 e. The standard InChI is InChI=1S/C14H20N2O5/c1-10(14(18)16-5-7-20-8-6-16)15-13(17)12-4-3-11(21-12)9-19-2/h3-4,10H,5-9H2,1-2H3,(H,15,17). The Labute approximate surface area is 123 Å². The molecule has 7 nitrogen and oxygen atoms in total. The lowest BCUT2D eigenvalue weighted by atomic mass is 10.2. The Kier molecular flexibility index (Phi) is 5.35. The van der Waals surface area contributed by atoms with E-state index in [1.807, 2.05) is 0 Å². The summed E-state index contributed by atoms with van der Waals surface area (Å²) in [5.74, 6) is 0.209. The van der Waals surface area contributed by atoms with E-state index in [9.17, 15) is 9.59 Å². The van der Waals surface area contributed by atoms with E-state index in [2.05, 4.69) is 5.32 Å². The number of carbonyl (C=O) groups is 2. The lowest BCUT2D eigenvalue weighted by molar-refractivity contribution is -0.136. The number of morpholine rings is 1. The first-order chi connectivity index (χ1) is 10.1. The molecule has 1 saturated heterocycles. The van der Waals surface area contributed by atoms with Gasteiger partial charge in [-0.3, -0.25) is 9.59 Å². The average molecular weight is 296 g/mol. The Morgan fingerprint density at radius 1 is 1.38 bits per heavy atom. The summed E-state index contributed by atoms with van der Waals surface area (Å²) in [4.78, 5) is 25.9. The minimum absolute atomic E-state index is 0.115. The summed E-state index contributed by atoms with van der Waals surface area (Å²) in [6, 6.07) is 2.63. The molecule has 1 aliphatic rings. The molecule has 0 bridgehead atoms. The molecule has 1 fully saturated rings. The maximum Gasteiger partial charge on any atom is 0.287 e. The van der Waals surface area contributed by atoms with Gasteiger partial charge in [0.1, 0.15) is 18.4 Å². The Balaban J connectivity index is 1.89. The van der Waals surface area contributed by atoms with Gasteiger partial charge in [-0.2, -0.15) is 0 Å². The Morgan fingerprint density at radius 2 is 2.10 bits per heavy atom. The Bertz CT molecular complexity index is 493. The third-order valence-corrected chi connectivity index (χ3v) is 3.21. The molecule has 2 heterocycles. The Morgan fingerprint density at radius 3 is 2.76 bits per heavy atom. The molecule has 7 heteroatoms. The minimum atomic E-state index is -0.605. The topological polar surface area (TPSA) is 81.0 Å². The summed E-state index contributed by atoms with van der Waals surface area (Å²) in [6.45, 7) is 4.13. The van der Waals surface area contributed by atoms with Crippen LogP contribution in [0.1, 0.15) is 23.2 Å². The van der Waals surface area contributed by atoms with Gasteiger partial charge in [-0.05, 0) is 19.1 Å². The highest BCUT2D eigenvalue weighted by molar-refractivity contribution is 5.95. The first-order valence-electron chi connectivity index (χ1n) is 6.87. The van der Waals surface area contributed by atoms with Gasteiger partial charge in [0.05, 0.1) is 13.2 Å². The number of carbonyl (C=O) groups excluding carboxylic acids is 2. The van der Waals surface area contributed by atoms with Crippen LogP contribution in [-0.4, -0.2) is 56.2 Å². The van der Waals surface area contributed by atoms with Crippen LogP contribution in [0.4, 0.5) is 0 Å². The van der Waals surface area contributed by atoms with Crippen molar-refractivity contribution in [2.75, 3.05) is 33.4 Å². The molecule has 1 aromatic rings. The maximum absolute atomic E-state index is 12.2. The van der Waals surface area contributed by atoms with E-state index in [0.717, 1.165) is 0 Å². The average Bonchev–Trinajstić information content (AvgIpc) is 2.96. The van der Waals surface area contributed by atoms with Crippen LogP contribution in [0.3, 0.4) is 0 Å². The fraction of sp³-hybridized carbons (Fsp3) is 0.571. The van der Waals surface area contributed by atoms with Gasteiger partial charge in [0, 0.05) is 20.2 Å². The zero-order valence-electron chi connectivity index (χ0n) is 12.3. The number of amides is 2. The third kappa shape index (κ3) is 4.05. The second kappa shape index (κ2) is 7.24. The first kappa shape index (κ1) is 15.5. The van der Waals surface area contributed by atoms with Crippen molar-refractivity contribution in [2.24, 2.45) is 0 Å².